The third kappa shape index (κ3) is 1.95. The summed E-state index contributed by atoms with van der Waals surface area (Å²) in [5, 5.41) is 10.4. The number of hydrogen-bond acceptors (Lipinski definition) is 1. The van der Waals surface area contributed by atoms with E-state index in [1.54, 1.807) is 5.57 Å². The van der Waals surface area contributed by atoms with Crippen molar-refractivity contribution in [2.45, 2.75) is 53.1 Å². The van der Waals surface area contributed by atoms with E-state index in [-0.39, 0.29) is 6.10 Å². The first kappa shape index (κ1) is 12.2. The molecule has 92 valence electrons. The van der Waals surface area contributed by atoms with Crippen molar-refractivity contribution in [1.82, 2.24) is 0 Å². The zero-order valence-electron chi connectivity index (χ0n) is 11.1. The van der Waals surface area contributed by atoms with Crippen molar-refractivity contribution in [3.8, 4) is 0 Å². The first-order valence-electron chi connectivity index (χ1n) is 6.94. The molecule has 2 aliphatic carbocycles. The van der Waals surface area contributed by atoms with Gasteiger partial charge in [0.2, 0.25) is 0 Å². The second kappa shape index (κ2) is 4.52. The highest BCUT2D eigenvalue weighted by molar-refractivity contribution is 5.21. The van der Waals surface area contributed by atoms with Crippen molar-refractivity contribution in [3.05, 3.63) is 11.6 Å². The molecule has 0 aromatic heterocycles. The summed E-state index contributed by atoms with van der Waals surface area (Å²) >= 11 is 0. The van der Waals surface area contributed by atoms with Crippen LogP contribution in [0.3, 0.4) is 0 Å². The van der Waals surface area contributed by atoms with Crippen molar-refractivity contribution >= 4 is 0 Å². The Labute approximate surface area is 99.9 Å². The quantitative estimate of drug-likeness (QED) is 0.672. The Hall–Kier alpha value is -0.300. The molecule has 2 rings (SSSR count). The van der Waals surface area contributed by atoms with E-state index in [1.807, 2.05) is 0 Å². The second-order valence-electron chi connectivity index (χ2n) is 6.16. The lowest BCUT2D eigenvalue weighted by molar-refractivity contribution is 0.0239. The van der Waals surface area contributed by atoms with Crippen LogP contribution in [0.5, 0.6) is 0 Å². The molecule has 16 heavy (non-hydrogen) atoms. The van der Waals surface area contributed by atoms with Crippen LogP contribution in [0, 0.1) is 29.6 Å². The molecule has 0 aromatic rings. The van der Waals surface area contributed by atoms with Gasteiger partial charge in [-0.2, -0.15) is 0 Å². The molecule has 0 aromatic carbocycles. The Morgan fingerprint density at radius 1 is 1.25 bits per heavy atom. The largest absolute Gasteiger partial charge is 0.392 e. The van der Waals surface area contributed by atoms with Crippen LogP contribution in [0.15, 0.2) is 11.6 Å². The van der Waals surface area contributed by atoms with Gasteiger partial charge in [0.25, 0.3) is 0 Å². The maximum Gasteiger partial charge on any atom is 0.0613 e. The molecule has 0 spiro atoms. The molecular weight excluding hydrogens is 196 g/mol. The topological polar surface area (TPSA) is 20.2 Å². The van der Waals surface area contributed by atoms with E-state index in [0.29, 0.717) is 23.7 Å². The summed E-state index contributed by atoms with van der Waals surface area (Å²) in [7, 11) is 0. The third-order valence-electron chi connectivity index (χ3n) is 4.85. The van der Waals surface area contributed by atoms with E-state index in [2.05, 4.69) is 33.8 Å². The van der Waals surface area contributed by atoms with Gasteiger partial charge in [-0.1, -0.05) is 45.8 Å². The maximum atomic E-state index is 10.4. The molecule has 0 aliphatic heterocycles. The van der Waals surface area contributed by atoms with Crippen LogP contribution in [-0.4, -0.2) is 11.2 Å². The summed E-state index contributed by atoms with van der Waals surface area (Å²) in [4.78, 5) is 0. The van der Waals surface area contributed by atoms with Crippen molar-refractivity contribution < 1.29 is 5.11 Å². The molecule has 1 fully saturated rings. The number of rotatable bonds is 1. The molecule has 6 atom stereocenters. The van der Waals surface area contributed by atoms with Gasteiger partial charge in [0.1, 0.15) is 0 Å². The van der Waals surface area contributed by atoms with Crippen LogP contribution >= 0.6 is 0 Å². The van der Waals surface area contributed by atoms with E-state index in [0.717, 1.165) is 12.3 Å². The lowest BCUT2D eigenvalue weighted by Gasteiger charge is -2.46. The first-order chi connectivity index (χ1) is 7.54. The number of fused-ring (bicyclic) bond motifs is 1. The fraction of sp³-hybridized carbons (Fsp3) is 0.867. The molecule has 1 N–H and O–H groups in total. The molecule has 0 radical (unpaired) electrons. The monoisotopic (exact) mass is 222 g/mol. The molecular formula is C15H26O. The van der Waals surface area contributed by atoms with Crippen molar-refractivity contribution in [2.24, 2.45) is 29.6 Å². The summed E-state index contributed by atoms with van der Waals surface area (Å²) in [5.41, 5.74) is 1.57. The van der Waals surface area contributed by atoms with Crippen molar-refractivity contribution in [3.63, 3.8) is 0 Å². The molecule has 3 unspecified atom stereocenters. The highest BCUT2D eigenvalue weighted by atomic mass is 16.3. The summed E-state index contributed by atoms with van der Waals surface area (Å²) in [6.45, 7) is 9.22. The van der Waals surface area contributed by atoms with E-state index in [9.17, 15) is 5.11 Å². The average molecular weight is 222 g/mol. The Morgan fingerprint density at radius 3 is 2.56 bits per heavy atom. The van der Waals surface area contributed by atoms with Crippen LogP contribution in [0.4, 0.5) is 0 Å². The minimum atomic E-state index is -0.0925. The average Bonchev–Trinajstić information content (AvgIpc) is 2.20. The van der Waals surface area contributed by atoms with E-state index in [4.69, 9.17) is 0 Å². The van der Waals surface area contributed by atoms with E-state index in [1.165, 1.54) is 12.8 Å². The van der Waals surface area contributed by atoms with Gasteiger partial charge in [0.15, 0.2) is 0 Å². The minimum Gasteiger partial charge on any atom is -0.392 e. The normalized spacial score (nSPS) is 48.4. The second-order valence-corrected chi connectivity index (χ2v) is 6.16. The third-order valence-corrected chi connectivity index (χ3v) is 4.85. The van der Waals surface area contributed by atoms with Crippen LogP contribution in [-0.2, 0) is 0 Å². The standard InChI is InChI=1S/C15H26O/c1-5-12-10(3)8-11(4)13-6-9(2)7-14(16)15(12)13/h6,9-12,14-16H,5,7-8H2,1-4H3/t9-,10?,11?,12-,14-,15?/m0/s1. The summed E-state index contributed by atoms with van der Waals surface area (Å²) < 4.78 is 0. The summed E-state index contributed by atoms with van der Waals surface area (Å²) in [6.07, 6.45) is 5.84. The number of aliphatic hydroxyl groups is 1. The smallest absolute Gasteiger partial charge is 0.0613 e. The first-order valence-corrected chi connectivity index (χ1v) is 6.94. The van der Waals surface area contributed by atoms with Gasteiger partial charge in [-0.15, -0.1) is 0 Å². The molecule has 1 heteroatoms. The number of aliphatic hydroxyl groups excluding tert-OH is 1. The van der Waals surface area contributed by atoms with Gasteiger partial charge in [-0.05, 0) is 36.5 Å². The van der Waals surface area contributed by atoms with Gasteiger partial charge in [0, 0.05) is 5.92 Å². The van der Waals surface area contributed by atoms with Gasteiger partial charge in [0.05, 0.1) is 6.10 Å². The van der Waals surface area contributed by atoms with Crippen molar-refractivity contribution in [1.29, 1.82) is 0 Å². The van der Waals surface area contributed by atoms with E-state index >= 15 is 0 Å². The number of hydrogen-bond donors (Lipinski definition) is 1. The predicted octanol–water partition coefficient (Wildman–Crippen LogP) is 3.63. The van der Waals surface area contributed by atoms with Crippen molar-refractivity contribution in [2.75, 3.05) is 0 Å². The molecule has 2 aliphatic rings. The minimum absolute atomic E-state index is 0.0925. The summed E-state index contributed by atoms with van der Waals surface area (Å²) in [6, 6.07) is 0. The molecule has 1 nitrogen and oxygen atoms in total. The Bertz CT molecular complexity index is 281. The predicted molar refractivity (Wildman–Crippen MR) is 68.1 cm³/mol. The lowest BCUT2D eigenvalue weighted by atomic mass is 9.60. The lowest BCUT2D eigenvalue weighted by Crippen LogP contribution is -2.42. The van der Waals surface area contributed by atoms with Gasteiger partial charge < -0.3 is 5.11 Å². The fourth-order valence-electron chi connectivity index (χ4n) is 4.16. The van der Waals surface area contributed by atoms with Gasteiger partial charge >= 0.3 is 0 Å². The van der Waals surface area contributed by atoms with Crippen LogP contribution < -0.4 is 0 Å². The maximum absolute atomic E-state index is 10.4. The van der Waals surface area contributed by atoms with Crippen LogP contribution in [0.25, 0.3) is 0 Å². The van der Waals surface area contributed by atoms with Gasteiger partial charge in [-0.25, -0.2) is 0 Å². The zero-order valence-corrected chi connectivity index (χ0v) is 11.1. The van der Waals surface area contributed by atoms with Gasteiger partial charge in [-0.3, -0.25) is 0 Å². The Kier molecular flexibility index (Phi) is 3.44. The van der Waals surface area contributed by atoms with Crippen LogP contribution in [0.2, 0.25) is 0 Å². The number of allylic oxidation sites excluding steroid dienone is 1. The Morgan fingerprint density at radius 2 is 1.94 bits per heavy atom. The highest BCUT2D eigenvalue weighted by Crippen LogP contribution is 2.48. The fourth-order valence-corrected chi connectivity index (χ4v) is 4.16. The zero-order chi connectivity index (χ0) is 11.9. The van der Waals surface area contributed by atoms with Crippen LogP contribution in [0.1, 0.15) is 47.0 Å². The highest BCUT2D eigenvalue weighted by Gasteiger charge is 2.42. The SMILES string of the molecule is CC[C@H]1C(C)CC(C)C2=C[C@H](C)C[C@H](O)C21. The Balaban J connectivity index is 2.32. The van der Waals surface area contributed by atoms with E-state index < -0.39 is 0 Å². The molecule has 0 amide bonds. The molecule has 0 bridgehead atoms. The summed E-state index contributed by atoms with van der Waals surface area (Å²) in [5.74, 6) is 3.17. The molecule has 1 saturated carbocycles. The molecule has 0 heterocycles. The molecule has 0 saturated heterocycles.